The van der Waals surface area contributed by atoms with Crippen LogP contribution in [0.1, 0.15) is 12.0 Å². The number of aryl methyl sites for hydroxylation is 2. The van der Waals surface area contributed by atoms with Crippen molar-refractivity contribution < 1.29 is 9.59 Å². The Kier molecular flexibility index (Phi) is 3.62. The van der Waals surface area contributed by atoms with Crippen LogP contribution in [0.25, 0.3) is 0 Å². The number of amides is 2. The molecule has 1 aliphatic heterocycles. The van der Waals surface area contributed by atoms with Gasteiger partial charge in [-0.15, -0.1) is 5.10 Å². The molecule has 0 N–H and O–H groups in total. The van der Waals surface area contributed by atoms with Crippen LogP contribution in [0, 0.1) is 0 Å². The van der Waals surface area contributed by atoms with E-state index in [1.54, 1.807) is 18.8 Å². The molecule has 2 aromatic rings. The lowest BCUT2D eigenvalue weighted by molar-refractivity contribution is -0.125. The Morgan fingerprint density at radius 1 is 1.05 bits per heavy atom. The molecule has 0 aliphatic carbocycles. The van der Waals surface area contributed by atoms with E-state index in [1.165, 1.54) is 15.4 Å². The van der Waals surface area contributed by atoms with Gasteiger partial charge in [-0.25, -0.2) is 4.68 Å². The second-order valence-electron chi connectivity index (χ2n) is 5.28. The first-order valence-electron chi connectivity index (χ1n) is 7.08. The zero-order valence-corrected chi connectivity index (χ0v) is 12.6. The Morgan fingerprint density at radius 2 is 1.73 bits per heavy atom. The van der Waals surface area contributed by atoms with E-state index in [1.807, 2.05) is 30.3 Å². The molecule has 0 saturated carbocycles. The van der Waals surface area contributed by atoms with Crippen LogP contribution in [-0.4, -0.2) is 40.9 Å². The lowest BCUT2D eigenvalue weighted by Gasteiger charge is -2.16. The van der Waals surface area contributed by atoms with Crippen LogP contribution < -0.4 is 9.80 Å². The molecule has 2 heterocycles. The predicted molar refractivity (Wildman–Crippen MR) is 81.6 cm³/mol. The van der Waals surface area contributed by atoms with Gasteiger partial charge in [-0.05, 0) is 12.0 Å². The molecule has 2 amide bonds. The van der Waals surface area contributed by atoms with Crippen LogP contribution in [-0.2, 0) is 22.6 Å². The van der Waals surface area contributed by atoms with Gasteiger partial charge < -0.3 is 0 Å². The molecule has 0 saturated heterocycles. The topological polar surface area (TPSA) is 71.3 Å². The van der Waals surface area contributed by atoms with E-state index in [-0.39, 0.29) is 18.2 Å². The molecular formula is C15H17N5O2. The third kappa shape index (κ3) is 2.45. The zero-order chi connectivity index (χ0) is 15.7. The van der Waals surface area contributed by atoms with Crippen molar-refractivity contribution in [3.8, 4) is 0 Å². The monoisotopic (exact) mass is 299 g/mol. The molecule has 0 spiro atoms. The number of hydrogen-bond donors (Lipinski definition) is 0. The summed E-state index contributed by atoms with van der Waals surface area (Å²) in [7, 11) is 3.26. The van der Waals surface area contributed by atoms with Gasteiger partial charge in [-0.1, -0.05) is 35.5 Å². The van der Waals surface area contributed by atoms with Crippen LogP contribution in [0.3, 0.4) is 0 Å². The summed E-state index contributed by atoms with van der Waals surface area (Å²) >= 11 is 0. The zero-order valence-electron chi connectivity index (χ0n) is 12.6. The van der Waals surface area contributed by atoms with Gasteiger partial charge in [0.25, 0.3) is 0 Å². The minimum atomic E-state index is -0.272. The largest absolute Gasteiger partial charge is 0.297 e. The summed E-state index contributed by atoms with van der Waals surface area (Å²) in [6, 6.07) is 10.0. The maximum absolute atomic E-state index is 12.1. The fourth-order valence-corrected chi connectivity index (χ4v) is 2.47. The van der Waals surface area contributed by atoms with Gasteiger partial charge in [0, 0.05) is 20.6 Å². The number of benzene rings is 1. The maximum Gasteiger partial charge on any atom is 0.237 e. The number of aromatic nitrogens is 3. The minimum Gasteiger partial charge on any atom is -0.297 e. The number of hydrogen-bond acceptors (Lipinski definition) is 4. The molecule has 22 heavy (non-hydrogen) atoms. The van der Waals surface area contributed by atoms with E-state index in [2.05, 4.69) is 10.3 Å². The number of nitrogens with zero attached hydrogens (tertiary/aromatic N) is 5. The number of carbonyl (C=O) groups is 2. The maximum atomic E-state index is 12.1. The Bertz CT molecular complexity index is 710. The third-order valence-corrected chi connectivity index (χ3v) is 3.83. The second kappa shape index (κ2) is 5.59. The molecule has 1 aromatic heterocycles. The van der Waals surface area contributed by atoms with Crippen LogP contribution in [0.2, 0.25) is 0 Å². The highest BCUT2D eigenvalue weighted by Crippen LogP contribution is 2.29. The van der Waals surface area contributed by atoms with Crippen LogP contribution in [0.15, 0.2) is 30.3 Å². The number of anilines is 2. The van der Waals surface area contributed by atoms with Crippen molar-refractivity contribution in [2.75, 3.05) is 23.9 Å². The fraction of sp³-hybridized carbons (Fsp3) is 0.333. The standard InChI is InChI=1S/C15H17N5O2/c1-18-12(21)10-13(22)19(2)15-14(18)16-17-20(15)9-8-11-6-4-3-5-7-11/h3-7H,8-10H2,1-2H3. The lowest BCUT2D eigenvalue weighted by Crippen LogP contribution is -2.30. The third-order valence-electron chi connectivity index (χ3n) is 3.83. The summed E-state index contributed by atoms with van der Waals surface area (Å²) in [5.41, 5.74) is 1.18. The van der Waals surface area contributed by atoms with Crippen LogP contribution in [0.4, 0.5) is 11.6 Å². The highest BCUT2D eigenvalue weighted by Gasteiger charge is 2.32. The van der Waals surface area contributed by atoms with Gasteiger partial charge in [-0.3, -0.25) is 19.4 Å². The van der Waals surface area contributed by atoms with E-state index >= 15 is 0 Å². The summed E-state index contributed by atoms with van der Waals surface area (Å²) in [5, 5.41) is 8.17. The first kappa shape index (κ1) is 14.2. The molecule has 7 heteroatoms. The summed E-state index contributed by atoms with van der Waals surface area (Å²) < 4.78 is 1.68. The average Bonchev–Trinajstić information content (AvgIpc) is 2.92. The predicted octanol–water partition coefficient (Wildman–Crippen LogP) is 0.850. The summed E-state index contributed by atoms with van der Waals surface area (Å²) in [6.45, 7) is 0.589. The molecule has 3 rings (SSSR count). The summed E-state index contributed by atoms with van der Waals surface area (Å²) in [4.78, 5) is 26.8. The van der Waals surface area contributed by atoms with Crippen LogP contribution in [0.5, 0.6) is 0 Å². The minimum absolute atomic E-state index is 0.151. The normalized spacial score (nSPS) is 15.0. The van der Waals surface area contributed by atoms with Crippen molar-refractivity contribution in [3.63, 3.8) is 0 Å². The molecular weight excluding hydrogens is 282 g/mol. The van der Waals surface area contributed by atoms with Gasteiger partial charge in [0.05, 0.1) is 0 Å². The van der Waals surface area contributed by atoms with Crippen LogP contribution >= 0.6 is 0 Å². The molecule has 1 aromatic carbocycles. The molecule has 0 atom stereocenters. The average molecular weight is 299 g/mol. The second-order valence-corrected chi connectivity index (χ2v) is 5.28. The van der Waals surface area contributed by atoms with Gasteiger partial charge >= 0.3 is 0 Å². The number of carbonyl (C=O) groups excluding carboxylic acids is 2. The number of rotatable bonds is 3. The van der Waals surface area contributed by atoms with Gasteiger partial charge in [0.2, 0.25) is 17.6 Å². The fourth-order valence-electron chi connectivity index (χ4n) is 2.47. The van der Waals surface area contributed by atoms with Gasteiger partial charge in [0.1, 0.15) is 6.42 Å². The summed E-state index contributed by atoms with van der Waals surface area (Å²) in [5.74, 6) is 0.463. The van der Waals surface area contributed by atoms with Crippen molar-refractivity contribution in [2.24, 2.45) is 0 Å². The highest BCUT2D eigenvalue weighted by molar-refractivity contribution is 6.13. The van der Waals surface area contributed by atoms with E-state index in [0.717, 1.165) is 6.42 Å². The molecule has 1 aliphatic rings. The SMILES string of the molecule is CN1C(=O)CC(=O)N(C)c2c1nnn2CCc1ccccc1. The molecule has 114 valence electrons. The Balaban J connectivity index is 1.90. The van der Waals surface area contributed by atoms with E-state index in [4.69, 9.17) is 0 Å². The Morgan fingerprint density at radius 3 is 2.45 bits per heavy atom. The molecule has 0 radical (unpaired) electrons. The van der Waals surface area contributed by atoms with Crippen molar-refractivity contribution in [1.29, 1.82) is 0 Å². The van der Waals surface area contributed by atoms with Crippen molar-refractivity contribution in [2.45, 2.75) is 19.4 Å². The van der Waals surface area contributed by atoms with Crippen molar-refractivity contribution in [3.05, 3.63) is 35.9 Å². The number of fused-ring (bicyclic) bond motifs is 1. The first-order chi connectivity index (χ1) is 10.6. The lowest BCUT2D eigenvalue weighted by atomic mass is 10.1. The Hall–Kier alpha value is -2.70. The van der Waals surface area contributed by atoms with E-state index in [0.29, 0.717) is 18.2 Å². The highest BCUT2D eigenvalue weighted by atomic mass is 16.2. The quantitative estimate of drug-likeness (QED) is 0.788. The molecule has 0 fully saturated rings. The van der Waals surface area contributed by atoms with E-state index < -0.39 is 0 Å². The van der Waals surface area contributed by atoms with E-state index in [9.17, 15) is 9.59 Å². The van der Waals surface area contributed by atoms with Gasteiger partial charge in [0.15, 0.2) is 5.82 Å². The summed E-state index contributed by atoms with van der Waals surface area (Å²) in [6.07, 6.45) is 0.623. The Labute approximate surface area is 128 Å². The molecule has 0 bridgehead atoms. The van der Waals surface area contributed by atoms with Crippen molar-refractivity contribution in [1.82, 2.24) is 15.0 Å². The molecule has 0 unspecified atom stereocenters. The van der Waals surface area contributed by atoms with Gasteiger partial charge in [-0.2, -0.15) is 0 Å². The van der Waals surface area contributed by atoms with Crippen molar-refractivity contribution >= 4 is 23.5 Å². The smallest absolute Gasteiger partial charge is 0.237 e. The molecule has 7 nitrogen and oxygen atoms in total. The first-order valence-corrected chi connectivity index (χ1v) is 7.08.